The molecule has 0 radical (unpaired) electrons. The molecule has 18 heavy (non-hydrogen) atoms. The maximum atomic E-state index is 12.0. The van der Waals surface area contributed by atoms with E-state index in [0.29, 0.717) is 6.54 Å². The average Bonchev–Trinajstić information content (AvgIpc) is 2.27. The summed E-state index contributed by atoms with van der Waals surface area (Å²) >= 11 is 0. The summed E-state index contributed by atoms with van der Waals surface area (Å²) in [4.78, 5) is 24.4. The molecule has 0 saturated carbocycles. The number of hydrogen-bond donors (Lipinski definition) is 1. The second kappa shape index (κ2) is 5.52. The van der Waals surface area contributed by atoms with Gasteiger partial charge in [0.2, 0.25) is 5.91 Å². The molecule has 1 atom stereocenters. The molecular weight excluding hydrogens is 234 g/mol. The van der Waals surface area contributed by atoms with E-state index in [1.165, 1.54) is 4.90 Å². The van der Waals surface area contributed by atoms with Gasteiger partial charge in [-0.3, -0.25) is 4.79 Å². The first kappa shape index (κ1) is 14.7. The van der Waals surface area contributed by atoms with Crippen LogP contribution in [0.3, 0.4) is 0 Å². The summed E-state index contributed by atoms with van der Waals surface area (Å²) in [6, 6.07) is 0. The number of carboxylic acid groups (broad SMARTS) is 1. The van der Waals surface area contributed by atoms with Gasteiger partial charge in [0.1, 0.15) is 0 Å². The topological polar surface area (TPSA) is 66.8 Å². The molecular formula is C13H21NO4. The lowest BCUT2D eigenvalue weighted by Crippen LogP contribution is -2.48. The summed E-state index contributed by atoms with van der Waals surface area (Å²) in [6.07, 6.45) is 0.676. The Hall–Kier alpha value is -1.36. The molecule has 5 nitrogen and oxygen atoms in total. The fourth-order valence-electron chi connectivity index (χ4n) is 1.49. The van der Waals surface area contributed by atoms with Crippen molar-refractivity contribution in [1.29, 1.82) is 0 Å². The summed E-state index contributed by atoms with van der Waals surface area (Å²) < 4.78 is 5.08. The number of amides is 1. The number of morpholine rings is 1. The van der Waals surface area contributed by atoms with Crippen LogP contribution in [0.15, 0.2) is 11.6 Å². The van der Waals surface area contributed by atoms with Gasteiger partial charge in [-0.1, -0.05) is 26.3 Å². The molecule has 0 unspecified atom stereocenters. The molecule has 1 fully saturated rings. The van der Waals surface area contributed by atoms with Crippen molar-refractivity contribution in [2.75, 3.05) is 19.7 Å². The molecule has 1 N–H and O–H groups in total. The van der Waals surface area contributed by atoms with Crippen LogP contribution in [0.1, 0.15) is 27.7 Å². The van der Waals surface area contributed by atoms with Crippen molar-refractivity contribution < 1.29 is 19.4 Å². The lowest BCUT2D eigenvalue weighted by Gasteiger charge is -2.30. The Bertz CT molecular complexity index is 368. The zero-order valence-corrected chi connectivity index (χ0v) is 11.4. The second-order valence-corrected chi connectivity index (χ2v) is 5.56. The van der Waals surface area contributed by atoms with E-state index in [4.69, 9.17) is 9.84 Å². The van der Waals surface area contributed by atoms with Crippen molar-refractivity contribution >= 4 is 11.9 Å². The maximum Gasteiger partial charge on any atom is 0.334 e. The number of allylic oxidation sites excluding steroid dienone is 1. The molecule has 0 aromatic rings. The van der Waals surface area contributed by atoms with Crippen molar-refractivity contribution in [1.82, 2.24) is 4.90 Å². The first-order valence-electron chi connectivity index (χ1n) is 6.04. The Morgan fingerprint density at radius 1 is 1.39 bits per heavy atom. The normalized spacial score (nSPS) is 21.9. The second-order valence-electron chi connectivity index (χ2n) is 5.56. The van der Waals surface area contributed by atoms with Crippen LogP contribution < -0.4 is 0 Å². The SMILES string of the molecule is C/C(=C\C(=O)N1CCO[C@H](C(=O)O)C1)C(C)(C)C. The number of hydrogen-bond acceptors (Lipinski definition) is 3. The van der Waals surface area contributed by atoms with Crippen LogP contribution in [0.25, 0.3) is 0 Å². The molecule has 1 heterocycles. The summed E-state index contributed by atoms with van der Waals surface area (Å²) in [7, 11) is 0. The maximum absolute atomic E-state index is 12.0. The largest absolute Gasteiger partial charge is 0.479 e. The van der Waals surface area contributed by atoms with Gasteiger partial charge < -0.3 is 14.7 Å². The summed E-state index contributed by atoms with van der Waals surface area (Å²) in [5.41, 5.74) is 0.916. The Morgan fingerprint density at radius 3 is 2.50 bits per heavy atom. The van der Waals surface area contributed by atoms with Gasteiger partial charge >= 0.3 is 5.97 Å². The minimum atomic E-state index is -1.02. The number of nitrogens with zero attached hydrogens (tertiary/aromatic N) is 1. The van der Waals surface area contributed by atoms with E-state index >= 15 is 0 Å². The predicted molar refractivity (Wildman–Crippen MR) is 67.2 cm³/mol. The Kier molecular flexibility index (Phi) is 4.51. The monoisotopic (exact) mass is 255 g/mol. The molecule has 0 aliphatic carbocycles. The molecule has 1 saturated heterocycles. The van der Waals surface area contributed by atoms with Gasteiger partial charge in [-0.15, -0.1) is 0 Å². The number of carbonyl (C=O) groups excluding carboxylic acids is 1. The smallest absolute Gasteiger partial charge is 0.334 e. The molecule has 1 amide bonds. The van der Waals surface area contributed by atoms with Crippen molar-refractivity contribution in [2.24, 2.45) is 5.41 Å². The highest BCUT2D eigenvalue weighted by molar-refractivity contribution is 5.89. The van der Waals surface area contributed by atoms with Gasteiger partial charge in [0.15, 0.2) is 6.10 Å². The Morgan fingerprint density at radius 2 is 2.00 bits per heavy atom. The number of carbonyl (C=O) groups is 2. The van der Waals surface area contributed by atoms with E-state index in [1.54, 1.807) is 6.08 Å². The highest BCUT2D eigenvalue weighted by Gasteiger charge is 2.28. The minimum Gasteiger partial charge on any atom is -0.479 e. The Labute approximate surface area is 107 Å². The quantitative estimate of drug-likeness (QED) is 0.755. The van der Waals surface area contributed by atoms with E-state index < -0.39 is 12.1 Å². The summed E-state index contributed by atoms with van der Waals surface area (Å²) in [5, 5.41) is 8.87. The van der Waals surface area contributed by atoms with Crippen molar-refractivity contribution in [2.45, 2.75) is 33.8 Å². The third-order valence-electron chi connectivity index (χ3n) is 3.18. The van der Waals surface area contributed by atoms with Crippen LogP contribution in [-0.2, 0) is 14.3 Å². The van der Waals surface area contributed by atoms with Gasteiger partial charge in [0.05, 0.1) is 13.2 Å². The molecule has 0 spiro atoms. The first-order valence-corrected chi connectivity index (χ1v) is 6.04. The average molecular weight is 255 g/mol. The molecule has 1 rings (SSSR count). The molecule has 102 valence electrons. The van der Waals surface area contributed by atoms with Crippen LogP contribution in [0.2, 0.25) is 0 Å². The van der Waals surface area contributed by atoms with Gasteiger partial charge in [-0.25, -0.2) is 4.79 Å². The van der Waals surface area contributed by atoms with E-state index in [9.17, 15) is 9.59 Å². The van der Waals surface area contributed by atoms with Gasteiger partial charge in [-0.05, 0) is 12.3 Å². The van der Waals surface area contributed by atoms with Crippen LogP contribution >= 0.6 is 0 Å². The van der Waals surface area contributed by atoms with Crippen molar-refractivity contribution in [3.8, 4) is 0 Å². The number of rotatable bonds is 2. The predicted octanol–water partition coefficient (Wildman–Crippen LogP) is 1.29. The zero-order chi connectivity index (χ0) is 13.9. The lowest BCUT2D eigenvalue weighted by atomic mass is 9.87. The van der Waals surface area contributed by atoms with Crippen LogP contribution in [0.4, 0.5) is 0 Å². The van der Waals surface area contributed by atoms with Gasteiger partial charge in [-0.2, -0.15) is 0 Å². The van der Waals surface area contributed by atoms with Gasteiger partial charge in [0, 0.05) is 12.6 Å². The van der Waals surface area contributed by atoms with Crippen LogP contribution in [-0.4, -0.2) is 47.7 Å². The molecule has 5 heteroatoms. The van der Waals surface area contributed by atoms with Crippen molar-refractivity contribution in [3.05, 3.63) is 11.6 Å². The highest BCUT2D eigenvalue weighted by Crippen LogP contribution is 2.24. The fraction of sp³-hybridized carbons (Fsp3) is 0.692. The van der Waals surface area contributed by atoms with E-state index in [1.807, 2.05) is 27.7 Å². The standard InChI is InChI=1S/C13H21NO4/c1-9(13(2,3)4)7-11(15)14-5-6-18-10(8-14)12(16)17/h7,10H,5-6,8H2,1-4H3,(H,16,17)/b9-7+/t10-/m0/s1. The van der Waals surface area contributed by atoms with E-state index in [2.05, 4.69) is 0 Å². The van der Waals surface area contributed by atoms with Crippen LogP contribution in [0.5, 0.6) is 0 Å². The van der Waals surface area contributed by atoms with Crippen LogP contribution in [0, 0.1) is 5.41 Å². The fourth-order valence-corrected chi connectivity index (χ4v) is 1.49. The lowest BCUT2D eigenvalue weighted by molar-refractivity contribution is -0.158. The number of carboxylic acids is 1. The summed E-state index contributed by atoms with van der Waals surface area (Å²) in [5.74, 6) is -1.17. The molecule has 1 aliphatic heterocycles. The zero-order valence-electron chi connectivity index (χ0n) is 11.4. The number of aliphatic carboxylic acids is 1. The first-order chi connectivity index (χ1) is 8.21. The summed E-state index contributed by atoms with van der Waals surface area (Å²) in [6.45, 7) is 8.83. The molecule has 0 aromatic carbocycles. The molecule has 0 bridgehead atoms. The highest BCUT2D eigenvalue weighted by atomic mass is 16.5. The van der Waals surface area contributed by atoms with Crippen molar-refractivity contribution in [3.63, 3.8) is 0 Å². The molecule has 1 aliphatic rings. The van der Waals surface area contributed by atoms with E-state index in [0.717, 1.165) is 5.57 Å². The third-order valence-corrected chi connectivity index (χ3v) is 3.18. The Balaban J connectivity index is 2.70. The minimum absolute atomic E-state index is 0.0614. The van der Waals surface area contributed by atoms with Gasteiger partial charge in [0.25, 0.3) is 0 Å². The number of ether oxygens (including phenoxy) is 1. The molecule has 0 aromatic heterocycles. The van der Waals surface area contributed by atoms with E-state index in [-0.39, 0.29) is 24.5 Å². The third kappa shape index (κ3) is 3.84.